The number of carbonyl (C=O) groups is 2. The molecule has 0 bridgehead atoms. The van der Waals surface area contributed by atoms with Crippen molar-refractivity contribution in [2.24, 2.45) is 11.7 Å². The first kappa shape index (κ1) is 14.3. The first-order chi connectivity index (χ1) is 8.92. The first-order valence-corrected chi connectivity index (χ1v) is 7.24. The second-order valence-corrected chi connectivity index (χ2v) is 6.23. The smallest absolute Gasteiger partial charge is 0.305 e. The van der Waals surface area contributed by atoms with Gasteiger partial charge in [-0.05, 0) is 31.6 Å². The lowest BCUT2D eigenvalue weighted by Crippen LogP contribution is -2.58. The van der Waals surface area contributed by atoms with Crippen LogP contribution in [-0.2, 0) is 9.59 Å². The summed E-state index contributed by atoms with van der Waals surface area (Å²) in [6.45, 7) is 2.43. The minimum atomic E-state index is -0.860. The van der Waals surface area contributed by atoms with Crippen LogP contribution in [0.2, 0.25) is 0 Å². The molecule has 2 fully saturated rings. The number of hydrogen-bond acceptors (Lipinski definition) is 3. The number of carbonyl (C=O) groups excluding carboxylic acids is 1. The molecule has 1 amide bonds. The van der Waals surface area contributed by atoms with Gasteiger partial charge in [0.1, 0.15) is 0 Å². The number of amides is 1. The van der Waals surface area contributed by atoms with Crippen LogP contribution in [-0.4, -0.2) is 40.0 Å². The molecule has 2 aliphatic carbocycles. The van der Waals surface area contributed by atoms with E-state index in [1.54, 1.807) is 4.90 Å². The van der Waals surface area contributed by atoms with Crippen molar-refractivity contribution in [1.82, 2.24) is 4.90 Å². The fourth-order valence-electron chi connectivity index (χ4n) is 3.12. The Hall–Kier alpha value is -1.10. The van der Waals surface area contributed by atoms with Crippen LogP contribution >= 0.6 is 0 Å². The summed E-state index contributed by atoms with van der Waals surface area (Å²) in [5.74, 6) is -0.410. The van der Waals surface area contributed by atoms with Gasteiger partial charge in [0.2, 0.25) is 5.91 Å². The first-order valence-electron chi connectivity index (χ1n) is 7.24. The van der Waals surface area contributed by atoms with E-state index in [2.05, 4.69) is 6.92 Å². The highest BCUT2D eigenvalue weighted by molar-refractivity contribution is 5.87. The average Bonchev–Trinajstić information content (AvgIpc) is 3.12. The van der Waals surface area contributed by atoms with E-state index in [4.69, 9.17) is 10.8 Å². The molecule has 0 heterocycles. The fourth-order valence-corrected chi connectivity index (χ4v) is 3.12. The molecule has 19 heavy (non-hydrogen) atoms. The van der Waals surface area contributed by atoms with Gasteiger partial charge in [0.25, 0.3) is 0 Å². The van der Waals surface area contributed by atoms with Crippen molar-refractivity contribution >= 4 is 11.9 Å². The lowest BCUT2D eigenvalue weighted by atomic mass is 9.76. The number of nitrogens with zero attached hydrogens (tertiary/aromatic N) is 1. The number of nitrogens with two attached hydrogens (primary N) is 1. The second-order valence-electron chi connectivity index (χ2n) is 6.23. The molecule has 0 spiro atoms. The molecule has 2 rings (SSSR count). The van der Waals surface area contributed by atoms with Gasteiger partial charge in [-0.15, -0.1) is 0 Å². The van der Waals surface area contributed by atoms with Gasteiger partial charge in [-0.2, -0.15) is 0 Å². The lowest BCUT2D eigenvalue weighted by Gasteiger charge is -2.39. The van der Waals surface area contributed by atoms with E-state index in [0.717, 1.165) is 38.5 Å². The largest absolute Gasteiger partial charge is 0.481 e. The van der Waals surface area contributed by atoms with E-state index in [9.17, 15) is 9.59 Å². The maximum Gasteiger partial charge on any atom is 0.305 e. The van der Waals surface area contributed by atoms with Gasteiger partial charge in [0.05, 0.1) is 12.0 Å². The molecule has 5 heteroatoms. The van der Waals surface area contributed by atoms with Crippen LogP contribution in [0.5, 0.6) is 0 Å². The molecule has 0 aromatic rings. The highest BCUT2D eigenvalue weighted by Crippen LogP contribution is 2.35. The molecular weight excluding hydrogens is 244 g/mol. The standard InChI is InChI=1S/C14H24N2O3/c1-10-3-2-7-14(15,9-10)13(19)16(11-4-5-11)8-6-12(17)18/h10-11H,2-9,15H2,1H3,(H,17,18). The summed E-state index contributed by atoms with van der Waals surface area (Å²) in [4.78, 5) is 25.1. The van der Waals surface area contributed by atoms with E-state index >= 15 is 0 Å². The molecule has 2 atom stereocenters. The third-order valence-electron chi connectivity index (χ3n) is 4.27. The third kappa shape index (κ3) is 3.47. The van der Waals surface area contributed by atoms with Gasteiger partial charge in [0.15, 0.2) is 0 Å². The van der Waals surface area contributed by atoms with Crippen molar-refractivity contribution in [3.8, 4) is 0 Å². The molecule has 0 aliphatic heterocycles. The molecule has 108 valence electrons. The van der Waals surface area contributed by atoms with Gasteiger partial charge in [-0.3, -0.25) is 9.59 Å². The average molecular weight is 268 g/mol. The molecule has 2 aliphatic rings. The van der Waals surface area contributed by atoms with E-state index in [1.165, 1.54) is 0 Å². The fraction of sp³-hybridized carbons (Fsp3) is 0.857. The van der Waals surface area contributed by atoms with Crippen molar-refractivity contribution in [1.29, 1.82) is 0 Å². The van der Waals surface area contributed by atoms with Crippen molar-refractivity contribution < 1.29 is 14.7 Å². The Labute approximate surface area is 114 Å². The Morgan fingerprint density at radius 3 is 2.58 bits per heavy atom. The molecule has 3 N–H and O–H groups in total. The zero-order valence-corrected chi connectivity index (χ0v) is 11.6. The number of rotatable bonds is 5. The van der Waals surface area contributed by atoms with Crippen LogP contribution in [0, 0.1) is 5.92 Å². The zero-order chi connectivity index (χ0) is 14.0. The number of carboxylic acids is 1. The second kappa shape index (κ2) is 5.49. The molecule has 2 unspecified atom stereocenters. The van der Waals surface area contributed by atoms with Crippen molar-refractivity contribution in [2.75, 3.05) is 6.54 Å². The van der Waals surface area contributed by atoms with Gasteiger partial charge < -0.3 is 15.7 Å². The zero-order valence-electron chi connectivity index (χ0n) is 11.6. The topological polar surface area (TPSA) is 83.6 Å². The predicted molar refractivity (Wildman–Crippen MR) is 71.5 cm³/mol. The normalized spacial score (nSPS) is 30.9. The Kier molecular flexibility index (Phi) is 4.13. The van der Waals surface area contributed by atoms with Crippen molar-refractivity contribution in [2.45, 2.75) is 63.5 Å². The highest BCUT2D eigenvalue weighted by atomic mass is 16.4. The van der Waals surface area contributed by atoms with Crippen LogP contribution < -0.4 is 5.73 Å². The van der Waals surface area contributed by atoms with Gasteiger partial charge in [-0.1, -0.05) is 19.8 Å². The van der Waals surface area contributed by atoms with Crippen LogP contribution in [0.15, 0.2) is 0 Å². The Bertz CT molecular complexity index is 368. The van der Waals surface area contributed by atoms with E-state index in [1.807, 2.05) is 0 Å². The van der Waals surface area contributed by atoms with E-state index < -0.39 is 11.5 Å². The number of carboxylic acid groups (broad SMARTS) is 1. The van der Waals surface area contributed by atoms with Crippen molar-refractivity contribution in [3.63, 3.8) is 0 Å². The summed E-state index contributed by atoms with van der Waals surface area (Å²) in [7, 11) is 0. The monoisotopic (exact) mass is 268 g/mol. The quantitative estimate of drug-likeness (QED) is 0.788. The molecule has 0 radical (unpaired) electrons. The SMILES string of the molecule is CC1CCCC(N)(C(=O)N(CCC(=O)O)C2CC2)C1. The number of aliphatic carboxylic acids is 1. The molecule has 0 aromatic carbocycles. The molecule has 5 nitrogen and oxygen atoms in total. The van der Waals surface area contributed by atoms with Crippen LogP contribution in [0.4, 0.5) is 0 Å². The Morgan fingerprint density at radius 2 is 2.05 bits per heavy atom. The van der Waals surface area contributed by atoms with Crippen LogP contribution in [0.1, 0.15) is 51.9 Å². The molecule has 0 aromatic heterocycles. The summed E-state index contributed by atoms with van der Waals surface area (Å²) < 4.78 is 0. The van der Waals surface area contributed by atoms with Gasteiger partial charge >= 0.3 is 5.97 Å². The Balaban J connectivity index is 2.03. The third-order valence-corrected chi connectivity index (χ3v) is 4.27. The van der Waals surface area contributed by atoms with Crippen molar-refractivity contribution in [3.05, 3.63) is 0 Å². The molecule has 2 saturated carbocycles. The van der Waals surface area contributed by atoms with Gasteiger partial charge in [-0.25, -0.2) is 0 Å². The summed E-state index contributed by atoms with van der Waals surface area (Å²) >= 11 is 0. The van der Waals surface area contributed by atoms with E-state index in [-0.39, 0.29) is 18.4 Å². The minimum Gasteiger partial charge on any atom is -0.481 e. The Morgan fingerprint density at radius 1 is 1.37 bits per heavy atom. The minimum absolute atomic E-state index is 0.00781. The van der Waals surface area contributed by atoms with E-state index in [0.29, 0.717) is 12.5 Å². The maximum absolute atomic E-state index is 12.7. The maximum atomic E-state index is 12.7. The molecular formula is C14H24N2O3. The summed E-state index contributed by atoms with van der Waals surface area (Å²) in [6.07, 6.45) is 5.54. The van der Waals surface area contributed by atoms with Crippen LogP contribution in [0.3, 0.4) is 0 Å². The predicted octanol–water partition coefficient (Wildman–Crippen LogP) is 1.36. The lowest BCUT2D eigenvalue weighted by molar-refractivity contribution is -0.142. The summed E-state index contributed by atoms with van der Waals surface area (Å²) in [5.41, 5.74) is 5.56. The molecule has 0 saturated heterocycles. The highest BCUT2D eigenvalue weighted by Gasteiger charge is 2.44. The summed E-state index contributed by atoms with van der Waals surface area (Å²) in [5, 5.41) is 8.79. The number of hydrogen-bond donors (Lipinski definition) is 2. The summed E-state index contributed by atoms with van der Waals surface area (Å²) in [6, 6.07) is 0.226. The van der Waals surface area contributed by atoms with Gasteiger partial charge in [0, 0.05) is 12.6 Å². The van der Waals surface area contributed by atoms with Crippen LogP contribution in [0.25, 0.3) is 0 Å².